The van der Waals surface area contributed by atoms with E-state index in [-0.39, 0.29) is 11.8 Å². The Morgan fingerprint density at radius 3 is 1.72 bits per heavy atom. The van der Waals surface area contributed by atoms with Gasteiger partial charge in [-0.25, -0.2) is 0 Å². The van der Waals surface area contributed by atoms with Gasteiger partial charge in [0, 0.05) is 30.4 Å². The van der Waals surface area contributed by atoms with E-state index in [1.165, 1.54) is 0 Å². The number of hydrogen-bond donors (Lipinski definition) is 2. The van der Waals surface area contributed by atoms with Crippen molar-refractivity contribution < 1.29 is 9.59 Å². The average Bonchev–Trinajstić information content (AvgIpc) is 2.76. The van der Waals surface area contributed by atoms with Crippen molar-refractivity contribution >= 4 is 28.9 Å². The number of benzene rings is 3. The topological polar surface area (TPSA) is 61.4 Å². The van der Waals surface area contributed by atoms with E-state index in [1.54, 1.807) is 24.3 Å². The Labute approximate surface area is 171 Å². The molecule has 3 rings (SSSR count). The molecular weight excluding hydrogens is 362 g/mol. The van der Waals surface area contributed by atoms with Crippen LogP contribution in [0.3, 0.4) is 0 Å². The number of nitrogens with one attached hydrogen (secondary N) is 2. The first-order chi connectivity index (χ1) is 14.1. The van der Waals surface area contributed by atoms with Gasteiger partial charge < -0.3 is 15.5 Å². The maximum atomic E-state index is 12.7. The summed E-state index contributed by atoms with van der Waals surface area (Å²) >= 11 is 0. The summed E-state index contributed by atoms with van der Waals surface area (Å²) in [6.45, 7) is 3.09. The van der Waals surface area contributed by atoms with Crippen molar-refractivity contribution in [2.24, 2.45) is 0 Å². The third-order valence-corrected chi connectivity index (χ3v) is 4.59. The van der Waals surface area contributed by atoms with Gasteiger partial charge in [-0.1, -0.05) is 37.3 Å². The Morgan fingerprint density at radius 1 is 0.724 bits per heavy atom. The van der Waals surface area contributed by atoms with Gasteiger partial charge in [0.05, 0.1) is 11.4 Å². The molecule has 0 spiro atoms. The molecule has 148 valence electrons. The van der Waals surface area contributed by atoms with Crippen LogP contribution in [0.25, 0.3) is 0 Å². The molecule has 2 amide bonds. The predicted molar refractivity (Wildman–Crippen MR) is 119 cm³/mol. The van der Waals surface area contributed by atoms with Crippen molar-refractivity contribution in [1.29, 1.82) is 0 Å². The van der Waals surface area contributed by atoms with Gasteiger partial charge in [-0.05, 0) is 55.0 Å². The van der Waals surface area contributed by atoms with E-state index in [2.05, 4.69) is 22.5 Å². The van der Waals surface area contributed by atoms with E-state index < -0.39 is 0 Å². The average molecular weight is 387 g/mol. The summed E-state index contributed by atoms with van der Waals surface area (Å²) in [5.41, 5.74) is 3.28. The molecule has 0 radical (unpaired) electrons. The fourth-order valence-electron chi connectivity index (χ4n) is 3.01. The molecule has 0 fully saturated rings. The fourth-order valence-corrected chi connectivity index (χ4v) is 3.01. The van der Waals surface area contributed by atoms with Crippen molar-refractivity contribution in [1.82, 2.24) is 0 Å². The lowest BCUT2D eigenvalue weighted by Gasteiger charge is -2.18. The molecular formula is C24H25N3O2. The number of anilines is 3. The van der Waals surface area contributed by atoms with E-state index in [1.807, 2.05) is 61.6 Å². The van der Waals surface area contributed by atoms with Gasteiger partial charge in [0.1, 0.15) is 0 Å². The maximum Gasteiger partial charge on any atom is 0.255 e. The third-order valence-electron chi connectivity index (χ3n) is 4.59. The summed E-state index contributed by atoms with van der Waals surface area (Å²) in [7, 11) is 2.03. The largest absolute Gasteiger partial charge is 0.375 e. The lowest BCUT2D eigenvalue weighted by Crippen LogP contribution is -2.18. The molecule has 29 heavy (non-hydrogen) atoms. The predicted octanol–water partition coefficient (Wildman–Crippen LogP) is 5.04. The Morgan fingerprint density at radius 2 is 1.21 bits per heavy atom. The molecule has 0 atom stereocenters. The Hall–Kier alpha value is -3.60. The molecule has 0 unspecified atom stereocenters. The third kappa shape index (κ3) is 5.23. The van der Waals surface area contributed by atoms with E-state index >= 15 is 0 Å². The van der Waals surface area contributed by atoms with Crippen molar-refractivity contribution in [3.05, 3.63) is 90.0 Å². The summed E-state index contributed by atoms with van der Waals surface area (Å²) in [4.78, 5) is 27.3. The normalized spacial score (nSPS) is 10.3. The summed E-state index contributed by atoms with van der Waals surface area (Å²) in [6.07, 6.45) is 1.06. The zero-order chi connectivity index (χ0) is 20.6. The van der Waals surface area contributed by atoms with Crippen LogP contribution in [0.2, 0.25) is 0 Å². The number of carbonyl (C=O) groups excluding carboxylic acids is 2. The number of carbonyl (C=O) groups is 2. The monoisotopic (exact) mass is 387 g/mol. The molecule has 2 N–H and O–H groups in total. The second kappa shape index (κ2) is 9.55. The Kier molecular flexibility index (Phi) is 6.63. The number of para-hydroxylation sites is 2. The van der Waals surface area contributed by atoms with Gasteiger partial charge in [0.25, 0.3) is 11.8 Å². The minimum absolute atomic E-state index is 0.226. The zero-order valence-corrected chi connectivity index (χ0v) is 16.7. The molecule has 3 aromatic rings. The minimum atomic E-state index is -0.226. The molecule has 0 bridgehead atoms. The molecule has 0 saturated carbocycles. The van der Waals surface area contributed by atoms with E-state index in [0.29, 0.717) is 22.5 Å². The van der Waals surface area contributed by atoms with Crippen molar-refractivity contribution in [3.63, 3.8) is 0 Å². The summed E-state index contributed by atoms with van der Waals surface area (Å²) in [6, 6.07) is 23.6. The summed E-state index contributed by atoms with van der Waals surface area (Å²) < 4.78 is 0. The molecule has 0 aliphatic heterocycles. The zero-order valence-electron chi connectivity index (χ0n) is 16.7. The van der Waals surface area contributed by atoms with Crippen LogP contribution >= 0.6 is 0 Å². The van der Waals surface area contributed by atoms with Gasteiger partial charge in [0.15, 0.2) is 0 Å². The highest BCUT2D eigenvalue weighted by atomic mass is 16.2. The van der Waals surface area contributed by atoms with Crippen LogP contribution in [0.4, 0.5) is 17.1 Å². The van der Waals surface area contributed by atoms with Crippen molar-refractivity contribution in [3.8, 4) is 0 Å². The van der Waals surface area contributed by atoms with Crippen LogP contribution in [-0.4, -0.2) is 25.4 Å². The second-order valence-electron chi connectivity index (χ2n) is 6.79. The lowest BCUT2D eigenvalue weighted by molar-refractivity contribution is 0.101. The molecule has 5 nitrogen and oxygen atoms in total. The maximum absolute atomic E-state index is 12.7. The molecule has 3 aromatic carbocycles. The first-order valence-electron chi connectivity index (χ1n) is 9.66. The number of amides is 2. The number of rotatable bonds is 7. The number of hydrogen-bond acceptors (Lipinski definition) is 3. The molecule has 0 aromatic heterocycles. The van der Waals surface area contributed by atoms with Crippen LogP contribution in [0, 0.1) is 0 Å². The standard InChI is InChI=1S/C24H25N3O2/c1-3-17-27(2)20-15-13-19(14-16-20)24(29)26-22-12-8-7-11-21(22)25-23(28)18-9-5-4-6-10-18/h4-16H,3,17H2,1-2H3,(H,25,28)(H,26,29). The van der Waals surface area contributed by atoms with Crippen LogP contribution in [-0.2, 0) is 0 Å². The van der Waals surface area contributed by atoms with E-state index in [4.69, 9.17) is 0 Å². The van der Waals surface area contributed by atoms with Gasteiger partial charge in [-0.2, -0.15) is 0 Å². The first-order valence-corrected chi connectivity index (χ1v) is 9.66. The molecule has 0 aliphatic rings. The van der Waals surface area contributed by atoms with Crippen molar-refractivity contribution in [2.75, 3.05) is 29.1 Å². The Balaban J connectivity index is 1.72. The van der Waals surface area contributed by atoms with E-state index in [0.717, 1.165) is 18.7 Å². The van der Waals surface area contributed by atoms with Crippen LogP contribution < -0.4 is 15.5 Å². The van der Waals surface area contributed by atoms with Gasteiger partial charge in [-0.3, -0.25) is 9.59 Å². The number of nitrogens with zero attached hydrogens (tertiary/aromatic N) is 1. The quantitative estimate of drug-likeness (QED) is 0.597. The van der Waals surface area contributed by atoms with Crippen LogP contribution in [0.15, 0.2) is 78.9 Å². The first kappa shape index (κ1) is 20.1. The fraction of sp³-hybridized carbons (Fsp3) is 0.167. The SMILES string of the molecule is CCCN(C)c1ccc(C(=O)Nc2ccccc2NC(=O)c2ccccc2)cc1. The van der Waals surface area contributed by atoms with Gasteiger partial charge in [0.2, 0.25) is 0 Å². The molecule has 0 aliphatic carbocycles. The lowest BCUT2D eigenvalue weighted by atomic mass is 10.1. The second-order valence-corrected chi connectivity index (χ2v) is 6.79. The van der Waals surface area contributed by atoms with Crippen LogP contribution in [0.5, 0.6) is 0 Å². The van der Waals surface area contributed by atoms with Crippen LogP contribution in [0.1, 0.15) is 34.1 Å². The molecule has 0 heterocycles. The minimum Gasteiger partial charge on any atom is -0.375 e. The Bertz CT molecular complexity index is 969. The molecule has 0 saturated heterocycles. The van der Waals surface area contributed by atoms with Gasteiger partial charge in [-0.15, -0.1) is 0 Å². The highest BCUT2D eigenvalue weighted by Crippen LogP contribution is 2.23. The van der Waals surface area contributed by atoms with Gasteiger partial charge >= 0.3 is 0 Å². The smallest absolute Gasteiger partial charge is 0.255 e. The van der Waals surface area contributed by atoms with E-state index in [9.17, 15) is 9.59 Å². The summed E-state index contributed by atoms with van der Waals surface area (Å²) in [5, 5.41) is 5.75. The molecule has 5 heteroatoms. The summed E-state index contributed by atoms with van der Waals surface area (Å²) in [5.74, 6) is -0.452. The van der Waals surface area contributed by atoms with Crippen molar-refractivity contribution in [2.45, 2.75) is 13.3 Å². The highest BCUT2D eigenvalue weighted by molar-refractivity contribution is 6.10. The highest BCUT2D eigenvalue weighted by Gasteiger charge is 2.12.